The summed E-state index contributed by atoms with van der Waals surface area (Å²) >= 11 is 0. The predicted octanol–water partition coefficient (Wildman–Crippen LogP) is 9.20. The molecular weight excluding hydrogens is 362 g/mol. The highest BCUT2D eigenvalue weighted by molar-refractivity contribution is 5.85. The molecule has 0 aliphatic rings. The molecule has 0 heterocycles. The van der Waals surface area contributed by atoms with E-state index in [1.807, 2.05) is 0 Å². The predicted molar refractivity (Wildman–Crippen MR) is 131 cm³/mol. The van der Waals surface area contributed by atoms with Gasteiger partial charge in [-0.3, -0.25) is 0 Å². The van der Waals surface area contributed by atoms with E-state index in [0.717, 1.165) is 0 Å². The smallest absolute Gasteiger partial charge is 0.0366 e. The second kappa shape index (κ2) is 21.0. The van der Waals surface area contributed by atoms with Gasteiger partial charge in [0, 0.05) is 18.8 Å². The molecule has 2 heteroatoms. The largest absolute Gasteiger partial charge is 0.372 e. The molecule has 1 aromatic rings. The van der Waals surface area contributed by atoms with Gasteiger partial charge in [0.05, 0.1) is 0 Å². The van der Waals surface area contributed by atoms with Gasteiger partial charge in [-0.1, -0.05) is 122 Å². The molecule has 0 aromatic heterocycles. The van der Waals surface area contributed by atoms with Crippen molar-refractivity contribution in [3.63, 3.8) is 0 Å². The van der Waals surface area contributed by atoms with Gasteiger partial charge in [-0.25, -0.2) is 0 Å². The van der Waals surface area contributed by atoms with E-state index in [4.69, 9.17) is 0 Å². The fraction of sp³-hybridized carbons (Fsp3) is 0.769. The number of hydrogen-bond acceptors (Lipinski definition) is 1. The van der Waals surface area contributed by atoms with Crippen LogP contribution in [-0.2, 0) is 0 Å². The van der Waals surface area contributed by atoms with Crippen LogP contribution >= 0.6 is 12.4 Å². The second-order valence-electron chi connectivity index (χ2n) is 8.27. The van der Waals surface area contributed by atoms with Crippen molar-refractivity contribution in [1.82, 2.24) is 0 Å². The van der Waals surface area contributed by atoms with Crippen molar-refractivity contribution in [3.8, 4) is 0 Å². The first-order valence-corrected chi connectivity index (χ1v) is 12.2. The van der Waals surface area contributed by atoms with Gasteiger partial charge >= 0.3 is 0 Å². The van der Waals surface area contributed by atoms with Gasteiger partial charge in [-0.2, -0.15) is 0 Å². The standard InChI is InChI=1S/C26H47N.ClH/c1-3-5-7-9-11-13-15-20-24-27(26-22-18-17-19-23-26)25-21-16-14-12-10-8-6-4-2;/h17-19,22-23H,3-16,20-21,24-25H2,1-2H3;1H. The third kappa shape index (κ3) is 15.3. The van der Waals surface area contributed by atoms with E-state index in [1.165, 1.54) is 122 Å². The fourth-order valence-electron chi connectivity index (χ4n) is 3.88. The Morgan fingerprint density at radius 1 is 0.500 bits per heavy atom. The van der Waals surface area contributed by atoms with Crippen molar-refractivity contribution in [2.24, 2.45) is 0 Å². The summed E-state index contributed by atoms with van der Waals surface area (Å²) in [5.74, 6) is 0. The second-order valence-corrected chi connectivity index (χ2v) is 8.27. The number of hydrogen-bond donors (Lipinski definition) is 0. The molecule has 0 atom stereocenters. The van der Waals surface area contributed by atoms with Crippen LogP contribution in [0.25, 0.3) is 0 Å². The molecule has 0 fully saturated rings. The zero-order chi connectivity index (χ0) is 19.4. The molecular formula is C26H48ClN. The maximum Gasteiger partial charge on any atom is 0.0366 e. The molecule has 0 saturated heterocycles. The molecule has 0 bridgehead atoms. The monoisotopic (exact) mass is 409 g/mol. The van der Waals surface area contributed by atoms with Crippen LogP contribution < -0.4 is 4.90 Å². The van der Waals surface area contributed by atoms with Crippen LogP contribution in [0.3, 0.4) is 0 Å². The molecule has 0 spiro atoms. The number of para-hydroxylation sites is 1. The van der Waals surface area contributed by atoms with E-state index >= 15 is 0 Å². The molecule has 0 N–H and O–H groups in total. The Kier molecular flexibility index (Phi) is 20.5. The van der Waals surface area contributed by atoms with E-state index in [9.17, 15) is 0 Å². The summed E-state index contributed by atoms with van der Waals surface area (Å²) in [7, 11) is 0. The number of anilines is 1. The lowest BCUT2D eigenvalue weighted by Gasteiger charge is -2.25. The summed E-state index contributed by atoms with van der Waals surface area (Å²) < 4.78 is 0. The van der Waals surface area contributed by atoms with Crippen LogP contribution in [0.1, 0.15) is 117 Å². The molecule has 1 rings (SSSR count). The van der Waals surface area contributed by atoms with Crippen molar-refractivity contribution in [3.05, 3.63) is 30.3 Å². The van der Waals surface area contributed by atoms with Crippen LogP contribution in [0.15, 0.2) is 30.3 Å². The number of nitrogens with zero attached hydrogens (tertiary/aromatic N) is 1. The van der Waals surface area contributed by atoms with Crippen LogP contribution in [0.5, 0.6) is 0 Å². The van der Waals surface area contributed by atoms with Crippen LogP contribution in [0, 0.1) is 0 Å². The number of benzene rings is 1. The first-order chi connectivity index (χ1) is 13.4. The molecule has 0 saturated carbocycles. The lowest BCUT2D eigenvalue weighted by atomic mass is 10.1. The first kappa shape index (κ1) is 27.3. The summed E-state index contributed by atoms with van der Waals surface area (Å²) in [6.45, 7) is 7.06. The Bertz CT molecular complexity index is 386. The number of rotatable bonds is 19. The molecule has 164 valence electrons. The normalized spacial score (nSPS) is 10.6. The molecule has 0 amide bonds. The number of unbranched alkanes of at least 4 members (excludes halogenated alkanes) is 14. The maximum atomic E-state index is 2.63. The fourth-order valence-corrected chi connectivity index (χ4v) is 3.88. The molecule has 28 heavy (non-hydrogen) atoms. The third-order valence-electron chi connectivity index (χ3n) is 5.68. The zero-order valence-electron chi connectivity index (χ0n) is 19.0. The van der Waals surface area contributed by atoms with Gasteiger partial charge in [-0.15, -0.1) is 12.4 Å². The minimum Gasteiger partial charge on any atom is -0.372 e. The van der Waals surface area contributed by atoms with Gasteiger partial charge in [0.25, 0.3) is 0 Å². The molecule has 1 aromatic carbocycles. The van der Waals surface area contributed by atoms with E-state index in [-0.39, 0.29) is 12.4 Å². The third-order valence-corrected chi connectivity index (χ3v) is 5.68. The van der Waals surface area contributed by atoms with Gasteiger partial charge < -0.3 is 4.90 Å². The molecule has 0 radical (unpaired) electrons. The van der Waals surface area contributed by atoms with E-state index in [2.05, 4.69) is 49.1 Å². The highest BCUT2D eigenvalue weighted by Crippen LogP contribution is 2.17. The van der Waals surface area contributed by atoms with Crippen molar-refractivity contribution in [2.75, 3.05) is 18.0 Å². The first-order valence-electron chi connectivity index (χ1n) is 12.2. The molecule has 0 unspecified atom stereocenters. The van der Waals surface area contributed by atoms with Crippen molar-refractivity contribution >= 4 is 18.1 Å². The highest BCUT2D eigenvalue weighted by Gasteiger charge is 2.05. The topological polar surface area (TPSA) is 3.24 Å². The molecule has 0 aliphatic carbocycles. The minimum absolute atomic E-state index is 0. The van der Waals surface area contributed by atoms with Crippen molar-refractivity contribution in [2.45, 2.75) is 117 Å². The summed E-state index contributed by atoms with van der Waals surface area (Å²) in [6.07, 6.45) is 22.5. The van der Waals surface area contributed by atoms with Gasteiger partial charge in [0.15, 0.2) is 0 Å². The quantitative estimate of drug-likeness (QED) is 0.206. The summed E-state index contributed by atoms with van der Waals surface area (Å²) in [5.41, 5.74) is 1.42. The van der Waals surface area contributed by atoms with E-state index in [0.29, 0.717) is 0 Å². The Balaban J connectivity index is 0.00000729. The van der Waals surface area contributed by atoms with Crippen molar-refractivity contribution < 1.29 is 0 Å². The van der Waals surface area contributed by atoms with Gasteiger partial charge in [0.1, 0.15) is 0 Å². The van der Waals surface area contributed by atoms with E-state index in [1.54, 1.807) is 0 Å². The average molecular weight is 410 g/mol. The summed E-state index contributed by atoms with van der Waals surface area (Å²) in [5, 5.41) is 0. The maximum absolute atomic E-state index is 2.63. The van der Waals surface area contributed by atoms with Crippen LogP contribution in [-0.4, -0.2) is 13.1 Å². The van der Waals surface area contributed by atoms with E-state index < -0.39 is 0 Å². The Hall–Kier alpha value is -0.690. The minimum atomic E-state index is 0. The summed E-state index contributed by atoms with van der Waals surface area (Å²) in [6, 6.07) is 11.1. The van der Waals surface area contributed by atoms with Crippen LogP contribution in [0.4, 0.5) is 5.69 Å². The Morgan fingerprint density at radius 3 is 1.25 bits per heavy atom. The number of halogens is 1. The average Bonchev–Trinajstić information content (AvgIpc) is 2.71. The summed E-state index contributed by atoms with van der Waals surface area (Å²) in [4.78, 5) is 2.63. The molecule has 1 nitrogen and oxygen atoms in total. The van der Waals surface area contributed by atoms with Crippen LogP contribution in [0.2, 0.25) is 0 Å². The van der Waals surface area contributed by atoms with Gasteiger partial charge in [0.2, 0.25) is 0 Å². The SMILES string of the molecule is CCCCCCCCCCN(CCCCCCCCCC)c1ccccc1.Cl. The Labute approximate surface area is 183 Å². The van der Waals surface area contributed by atoms with Gasteiger partial charge in [-0.05, 0) is 25.0 Å². The lowest BCUT2D eigenvalue weighted by molar-refractivity contribution is 0.555. The highest BCUT2D eigenvalue weighted by atomic mass is 35.5. The Morgan fingerprint density at radius 2 is 0.857 bits per heavy atom. The zero-order valence-corrected chi connectivity index (χ0v) is 19.8. The lowest BCUT2D eigenvalue weighted by Crippen LogP contribution is -2.25. The van der Waals surface area contributed by atoms with Crippen molar-refractivity contribution in [1.29, 1.82) is 0 Å². The molecule has 0 aliphatic heterocycles.